The van der Waals surface area contributed by atoms with Gasteiger partial charge < -0.3 is 18.8 Å². The average Bonchev–Trinajstić information content (AvgIpc) is 3.54. The van der Waals surface area contributed by atoms with E-state index in [1.807, 2.05) is 47.2 Å². The minimum absolute atomic E-state index is 0.0189. The Balaban J connectivity index is 1.65. The fourth-order valence-electron chi connectivity index (χ4n) is 3.81. The number of benzene rings is 1. The molecule has 1 atom stereocenters. The third-order valence-electron chi connectivity index (χ3n) is 5.55. The van der Waals surface area contributed by atoms with E-state index in [9.17, 15) is 9.59 Å². The maximum atomic E-state index is 13.6. The van der Waals surface area contributed by atoms with Crippen LogP contribution in [0, 0.1) is 6.92 Å². The molecule has 0 aliphatic carbocycles. The van der Waals surface area contributed by atoms with E-state index in [0.717, 1.165) is 11.1 Å². The molecule has 3 aromatic rings. The Morgan fingerprint density at radius 2 is 2.06 bits per heavy atom. The number of ether oxygens (including phenoxy) is 2. The van der Waals surface area contributed by atoms with Gasteiger partial charge in [-0.05, 0) is 23.9 Å². The first-order chi connectivity index (χ1) is 15.0. The number of thiophene rings is 1. The van der Waals surface area contributed by atoms with Crippen molar-refractivity contribution in [2.45, 2.75) is 31.8 Å². The first-order valence-corrected chi connectivity index (χ1v) is 11.0. The van der Waals surface area contributed by atoms with E-state index >= 15 is 0 Å². The molecule has 1 aliphatic rings. The molecule has 7 nitrogen and oxygen atoms in total. The second-order valence-corrected chi connectivity index (χ2v) is 8.28. The highest BCUT2D eigenvalue weighted by molar-refractivity contribution is 7.08. The molecule has 1 amide bonds. The molecule has 1 aromatic carbocycles. The number of oxazole rings is 1. The van der Waals surface area contributed by atoms with Gasteiger partial charge in [0, 0.05) is 30.5 Å². The van der Waals surface area contributed by atoms with E-state index in [1.54, 1.807) is 23.2 Å². The van der Waals surface area contributed by atoms with E-state index in [0.29, 0.717) is 30.4 Å². The fraction of sp³-hybridized carbons (Fsp3) is 0.348. The summed E-state index contributed by atoms with van der Waals surface area (Å²) in [5.74, 6) is 0.380. The second-order valence-electron chi connectivity index (χ2n) is 7.50. The van der Waals surface area contributed by atoms with E-state index in [-0.39, 0.29) is 25.5 Å². The first kappa shape index (κ1) is 21.3. The van der Waals surface area contributed by atoms with E-state index in [4.69, 9.17) is 13.9 Å². The summed E-state index contributed by atoms with van der Waals surface area (Å²) < 4.78 is 16.4. The van der Waals surface area contributed by atoms with Crippen molar-refractivity contribution in [3.63, 3.8) is 0 Å². The predicted octanol–water partition coefficient (Wildman–Crippen LogP) is 3.61. The maximum absolute atomic E-state index is 13.6. The van der Waals surface area contributed by atoms with Gasteiger partial charge in [0.05, 0.1) is 25.8 Å². The van der Waals surface area contributed by atoms with Gasteiger partial charge in [0.2, 0.25) is 11.8 Å². The summed E-state index contributed by atoms with van der Waals surface area (Å²) >= 11 is 1.55. The summed E-state index contributed by atoms with van der Waals surface area (Å²) in [6.07, 6.45) is 0.404. The number of nitrogens with zero attached hydrogens (tertiary/aromatic N) is 2. The van der Waals surface area contributed by atoms with Crippen molar-refractivity contribution in [3.05, 3.63) is 64.2 Å². The van der Waals surface area contributed by atoms with Crippen molar-refractivity contribution in [1.82, 2.24) is 9.88 Å². The highest BCUT2D eigenvalue weighted by atomic mass is 32.1. The largest absolute Gasteiger partial charge is 0.467 e. The molecule has 0 N–H and O–H groups in total. The van der Waals surface area contributed by atoms with Gasteiger partial charge in [0.25, 0.3) is 0 Å². The molecule has 4 rings (SSSR count). The number of aryl methyl sites for hydroxylation is 1. The SMILES string of the molecule is COC(=O)[C@]1(N(Cc2ccccc2)C(=O)Cc2nc(-c3ccsc3)oc2C)CCOC1. The number of carbonyl (C=O) groups excluding carboxylic acids is 2. The molecule has 0 spiro atoms. The first-order valence-electron chi connectivity index (χ1n) is 10.0. The van der Waals surface area contributed by atoms with Gasteiger partial charge in [-0.2, -0.15) is 11.3 Å². The van der Waals surface area contributed by atoms with Crippen molar-refractivity contribution < 1.29 is 23.5 Å². The minimum atomic E-state index is -1.16. The number of hydrogen-bond acceptors (Lipinski definition) is 7. The molecule has 0 bridgehead atoms. The Morgan fingerprint density at radius 3 is 2.71 bits per heavy atom. The molecule has 8 heteroatoms. The monoisotopic (exact) mass is 440 g/mol. The number of aromatic nitrogens is 1. The molecule has 3 heterocycles. The fourth-order valence-corrected chi connectivity index (χ4v) is 4.44. The number of carbonyl (C=O) groups is 2. The molecule has 2 aromatic heterocycles. The quantitative estimate of drug-likeness (QED) is 0.522. The lowest BCUT2D eigenvalue weighted by molar-refractivity contribution is -0.163. The molecule has 162 valence electrons. The van der Waals surface area contributed by atoms with Gasteiger partial charge in [-0.15, -0.1) is 0 Å². The lowest BCUT2D eigenvalue weighted by atomic mass is 9.94. The molecule has 1 saturated heterocycles. The summed E-state index contributed by atoms with van der Waals surface area (Å²) in [5, 5.41) is 3.89. The molecular formula is C23H24N2O5S. The van der Waals surface area contributed by atoms with Crippen LogP contribution in [0.5, 0.6) is 0 Å². The zero-order valence-electron chi connectivity index (χ0n) is 17.5. The van der Waals surface area contributed by atoms with Crippen LogP contribution in [-0.2, 0) is 32.0 Å². The highest BCUT2D eigenvalue weighted by Crippen LogP contribution is 2.31. The molecule has 31 heavy (non-hydrogen) atoms. The van der Waals surface area contributed by atoms with Crippen molar-refractivity contribution in [2.24, 2.45) is 0 Å². The number of methoxy groups -OCH3 is 1. The van der Waals surface area contributed by atoms with Gasteiger partial charge in [-0.1, -0.05) is 30.3 Å². The molecule has 1 fully saturated rings. The third kappa shape index (κ3) is 4.26. The van der Waals surface area contributed by atoms with Gasteiger partial charge in [-0.25, -0.2) is 9.78 Å². The van der Waals surface area contributed by atoms with Crippen LogP contribution in [0.1, 0.15) is 23.4 Å². The average molecular weight is 441 g/mol. The van der Waals surface area contributed by atoms with Crippen LogP contribution < -0.4 is 0 Å². The zero-order chi connectivity index (χ0) is 21.8. The Hall–Kier alpha value is -2.97. The number of amides is 1. The molecular weight excluding hydrogens is 416 g/mol. The van der Waals surface area contributed by atoms with Crippen molar-refractivity contribution >= 4 is 23.2 Å². The zero-order valence-corrected chi connectivity index (χ0v) is 18.3. The van der Waals surface area contributed by atoms with Crippen LogP contribution in [0.15, 0.2) is 51.6 Å². The van der Waals surface area contributed by atoms with Gasteiger partial charge >= 0.3 is 5.97 Å². The summed E-state index contributed by atoms with van der Waals surface area (Å²) in [7, 11) is 1.34. The third-order valence-corrected chi connectivity index (χ3v) is 6.23. The Morgan fingerprint density at radius 1 is 1.26 bits per heavy atom. The van der Waals surface area contributed by atoms with Crippen LogP contribution in [0.25, 0.3) is 11.5 Å². The topological polar surface area (TPSA) is 81.9 Å². The highest BCUT2D eigenvalue weighted by Gasteiger charge is 2.50. The minimum Gasteiger partial charge on any atom is -0.467 e. The van der Waals surface area contributed by atoms with Gasteiger partial charge in [0.1, 0.15) is 5.76 Å². The Bertz CT molecular complexity index is 1040. The molecule has 1 aliphatic heterocycles. The predicted molar refractivity (Wildman–Crippen MR) is 115 cm³/mol. The normalized spacial score (nSPS) is 18.1. The summed E-state index contributed by atoms with van der Waals surface area (Å²) in [6, 6.07) is 11.5. The van der Waals surface area contributed by atoms with Crippen LogP contribution in [-0.4, -0.2) is 47.6 Å². The summed E-state index contributed by atoms with van der Waals surface area (Å²) in [5.41, 5.74) is 1.20. The number of hydrogen-bond donors (Lipinski definition) is 0. The van der Waals surface area contributed by atoms with E-state index < -0.39 is 11.5 Å². The van der Waals surface area contributed by atoms with Crippen molar-refractivity contribution in [2.75, 3.05) is 20.3 Å². The Kier molecular flexibility index (Phi) is 6.20. The van der Waals surface area contributed by atoms with Crippen LogP contribution in [0.3, 0.4) is 0 Å². The second kappa shape index (κ2) is 9.03. The number of esters is 1. The lowest BCUT2D eigenvalue weighted by Crippen LogP contribution is -2.58. The number of rotatable bonds is 7. The van der Waals surface area contributed by atoms with Gasteiger partial charge in [0.15, 0.2) is 5.54 Å². The summed E-state index contributed by atoms with van der Waals surface area (Å²) in [6.45, 7) is 2.56. The van der Waals surface area contributed by atoms with E-state index in [2.05, 4.69) is 4.98 Å². The summed E-state index contributed by atoms with van der Waals surface area (Å²) in [4.78, 5) is 32.5. The van der Waals surface area contributed by atoms with Gasteiger partial charge in [-0.3, -0.25) is 4.79 Å². The van der Waals surface area contributed by atoms with Crippen molar-refractivity contribution in [3.8, 4) is 11.5 Å². The van der Waals surface area contributed by atoms with E-state index in [1.165, 1.54) is 7.11 Å². The van der Waals surface area contributed by atoms with Crippen LogP contribution in [0.2, 0.25) is 0 Å². The standard InChI is InChI=1S/C23H24N2O5S/c1-16-19(24-21(30-16)18-8-11-31-14-18)12-20(26)25(13-17-6-4-3-5-7-17)23(22(27)28-2)9-10-29-15-23/h3-8,11,14H,9-10,12-13,15H2,1-2H3/t23-/m0/s1. The van der Waals surface area contributed by atoms with Crippen LogP contribution in [0.4, 0.5) is 0 Å². The molecule has 0 unspecified atom stereocenters. The smallest absolute Gasteiger partial charge is 0.334 e. The Labute approximate surface area is 184 Å². The van der Waals surface area contributed by atoms with Crippen LogP contribution >= 0.6 is 11.3 Å². The maximum Gasteiger partial charge on any atom is 0.334 e. The van der Waals surface area contributed by atoms with Crippen molar-refractivity contribution in [1.29, 1.82) is 0 Å². The lowest BCUT2D eigenvalue weighted by Gasteiger charge is -2.37. The molecule has 0 saturated carbocycles. The molecule has 0 radical (unpaired) electrons.